The summed E-state index contributed by atoms with van der Waals surface area (Å²) in [6, 6.07) is 9.78. The second-order valence-corrected chi connectivity index (χ2v) is 7.02. The Bertz CT molecular complexity index is 994. The van der Waals surface area contributed by atoms with Gasteiger partial charge in [0.05, 0.1) is 10.7 Å². The fourth-order valence-corrected chi connectivity index (χ4v) is 3.13. The van der Waals surface area contributed by atoms with Crippen molar-refractivity contribution in [1.29, 1.82) is 0 Å². The number of carbonyl (C=O) groups is 1. The van der Waals surface area contributed by atoms with Crippen LogP contribution in [0.15, 0.2) is 47.8 Å². The highest BCUT2D eigenvalue weighted by molar-refractivity contribution is 7.14. The Balaban J connectivity index is 1.65. The van der Waals surface area contributed by atoms with Gasteiger partial charge in [-0.05, 0) is 42.5 Å². The molecule has 146 valence electrons. The van der Waals surface area contributed by atoms with Crippen LogP contribution in [0.4, 0.5) is 29.7 Å². The monoisotopic (exact) mass is 447 g/mol. The third-order valence-electron chi connectivity index (χ3n) is 3.25. The molecule has 2 aromatic carbocycles. The SMILES string of the molecule is O=C(Nc1cc(Cl)ccc1Cl)c1csc(Nc2ccc(OC(F)(F)F)cc2)n1. The smallest absolute Gasteiger partial charge is 0.406 e. The highest BCUT2D eigenvalue weighted by Gasteiger charge is 2.30. The number of rotatable bonds is 5. The lowest BCUT2D eigenvalue weighted by molar-refractivity contribution is -0.274. The highest BCUT2D eigenvalue weighted by Crippen LogP contribution is 2.28. The number of amides is 1. The van der Waals surface area contributed by atoms with Gasteiger partial charge in [0, 0.05) is 16.1 Å². The predicted molar refractivity (Wildman–Crippen MR) is 103 cm³/mol. The first-order chi connectivity index (χ1) is 13.2. The fourth-order valence-electron chi connectivity index (χ4n) is 2.08. The van der Waals surface area contributed by atoms with Gasteiger partial charge in [-0.1, -0.05) is 23.2 Å². The van der Waals surface area contributed by atoms with Crippen molar-refractivity contribution in [2.24, 2.45) is 0 Å². The Morgan fingerprint density at radius 1 is 1.11 bits per heavy atom. The van der Waals surface area contributed by atoms with Crippen LogP contribution in [0.25, 0.3) is 0 Å². The van der Waals surface area contributed by atoms with Crippen LogP contribution in [0, 0.1) is 0 Å². The number of alkyl halides is 3. The summed E-state index contributed by atoms with van der Waals surface area (Å²) in [6.07, 6.45) is -4.75. The average Bonchev–Trinajstić information content (AvgIpc) is 3.07. The van der Waals surface area contributed by atoms with Crippen LogP contribution in [-0.4, -0.2) is 17.3 Å². The maximum atomic E-state index is 12.3. The van der Waals surface area contributed by atoms with Gasteiger partial charge in [0.15, 0.2) is 5.13 Å². The van der Waals surface area contributed by atoms with Crippen molar-refractivity contribution in [2.45, 2.75) is 6.36 Å². The minimum absolute atomic E-state index is 0.139. The Kier molecular flexibility index (Phi) is 5.97. The van der Waals surface area contributed by atoms with Gasteiger partial charge in [0.25, 0.3) is 5.91 Å². The van der Waals surface area contributed by atoms with E-state index >= 15 is 0 Å². The third kappa shape index (κ3) is 5.51. The molecule has 3 rings (SSSR count). The van der Waals surface area contributed by atoms with Crippen LogP contribution in [0.5, 0.6) is 5.75 Å². The Hall–Kier alpha value is -2.49. The van der Waals surface area contributed by atoms with Crippen molar-refractivity contribution in [3.05, 3.63) is 63.6 Å². The number of benzene rings is 2. The number of ether oxygens (including phenoxy) is 1. The summed E-state index contributed by atoms with van der Waals surface area (Å²) in [5, 5.41) is 8.16. The zero-order valence-corrected chi connectivity index (χ0v) is 16.0. The van der Waals surface area contributed by atoms with Crippen LogP contribution in [-0.2, 0) is 0 Å². The predicted octanol–water partition coefficient (Wildman–Crippen LogP) is 6.34. The first kappa shape index (κ1) is 20.2. The van der Waals surface area contributed by atoms with Gasteiger partial charge in [-0.25, -0.2) is 4.98 Å². The van der Waals surface area contributed by atoms with E-state index in [-0.39, 0.29) is 11.4 Å². The van der Waals surface area contributed by atoms with E-state index in [1.54, 1.807) is 12.1 Å². The lowest BCUT2D eigenvalue weighted by Crippen LogP contribution is -2.16. The van der Waals surface area contributed by atoms with Crippen LogP contribution in [0.1, 0.15) is 10.5 Å². The van der Waals surface area contributed by atoms with E-state index in [1.165, 1.54) is 23.6 Å². The number of nitrogens with zero attached hydrogens (tertiary/aromatic N) is 1. The van der Waals surface area contributed by atoms with Gasteiger partial charge >= 0.3 is 6.36 Å². The van der Waals surface area contributed by atoms with Crippen molar-refractivity contribution in [2.75, 3.05) is 10.6 Å². The van der Waals surface area contributed by atoms with E-state index in [2.05, 4.69) is 20.4 Å². The van der Waals surface area contributed by atoms with E-state index < -0.39 is 12.3 Å². The number of thiazole rings is 1. The molecule has 0 atom stereocenters. The zero-order valence-electron chi connectivity index (χ0n) is 13.7. The molecule has 1 amide bonds. The van der Waals surface area contributed by atoms with E-state index in [4.69, 9.17) is 23.2 Å². The molecular weight excluding hydrogens is 438 g/mol. The fraction of sp³-hybridized carbons (Fsp3) is 0.0588. The molecule has 1 heterocycles. The summed E-state index contributed by atoms with van der Waals surface area (Å²) in [5.41, 5.74) is 0.969. The van der Waals surface area contributed by atoms with E-state index in [9.17, 15) is 18.0 Å². The van der Waals surface area contributed by atoms with Crippen LogP contribution >= 0.6 is 34.5 Å². The zero-order chi connectivity index (χ0) is 20.3. The van der Waals surface area contributed by atoms with Crippen LogP contribution in [0.2, 0.25) is 10.0 Å². The summed E-state index contributed by atoms with van der Waals surface area (Å²) in [4.78, 5) is 16.4. The number of aromatic nitrogens is 1. The molecule has 0 unspecified atom stereocenters. The maximum Gasteiger partial charge on any atom is 0.573 e. The van der Waals surface area contributed by atoms with Crippen molar-refractivity contribution in [3.63, 3.8) is 0 Å². The van der Waals surface area contributed by atoms with Gasteiger partial charge in [-0.2, -0.15) is 0 Å². The van der Waals surface area contributed by atoms with Crippen molar-refractivity contribution < 1.29 is 22.7 Å². The summed E-state index contributed by atoms with van der Waals surface area (Å²) in [5.74, 6) is -0.821. The minimum atomic E-state index is -4.75. The molecular formula is C17H10Cl2F3N3O2S. The topological polar surface area (TPSA) is 63.2 Å². The van der Waals surface area contributed by atoms with Crippen molar-refractivity contribution in [3.8, 4) is 5.75 Å². The maximum absolute atomic E-state index is 12.3. The Morgan fingerprint density at radius 3 is 2.50 bits per heavy atom. The number of nitrogens with one attached hydrogen (secondary N) is 2. The minimum Gasteiger partial charge on any atom is -0.406 e. The van der Waals surface area contributed by atoms with Crippen molar-refractivity contribution >= 4 is 57.0 Å². The van der Waals surface area contributed by atoms with E-state index in [0.29, 0.717) is 26.6 Å². The lowest BCUT2D eigenvalue weighted by atomic mass is 10.3. The van der Waals surface area contributed by atoms with Gasteiger partial charge < -0.3 is 15.4 Å². The normalized spacial score (nSPS) is 11.2. The molecule has 3 aromatic rings. The molecule has 2 N–H and O–H groups in total. The van der Waals surface area contributed by atoms with Gasteiger partial charge in [-0.15, -0.1) is 24.5 Å². The molecule has 28 heavy (non-hydrogen) atoms. The molecule has 0 aliphatic heterocycles. The molecule has 0 aliphatic carbocycles. The van der Waals surface area contributed by atoms with Gasteiger partial charge in [-0.3, -0.25) is 4.79 Å². The van der Waals surface area contributed by atoms with Crippen LogP contribution in [0.3, 0.4) is 0 Å². The first-order valence-corrected chi connectivity index (χ1v) is 9.18. The third-order valence-corrected chi connectivity index (χ3v) is 4.58. The molecule has 0 aliphatic rings. The van der Waals surface area contributed by atoms with E-state index in [1.807, 2.05) is 0 Å². The number of carbonyl (C=O) groups excluding carboxylic acids is 1. The summed E-state index contributed by atoms with van der Waals surface area (Å²) in [6.45, 7) is 0. The molecule has 0 radical (unpaired) electrons. The lowest BCUT2D eigenvalue weighted by Gasteiger charge is -2.09. The van der Waals surface area contributed by atoms with Gasteiger partial charge in [0.2, 0.25) is 0 Å². The molecule has 1 aromatic heterocycles. The first-order valence-electron chi connectivity index (χ1n) is 7.54. The Morgan fingerprint density at radius 2 is 1.82 bits per heavy atom. The van der Waals surface area contributed by atoms with Crippen molar-refractivity contribution in [1.82, 2.24) is 4.98 Å². The molecule has 0 spiro atoms. The molecule has 0 saturated heterocycles. The number of halogens is 5. The Labute approximate surface area is 171 Å². The number of hydrogen-bond acceptors (Lipinski definition) is 5. The average molecular weight is 448 g/mol. The van der Waals surface area contributed by atoms with Gasteiger partial charge in [0.1, 0.15) is 11.4 Å². The van der Waals surface area contributed by atoms with Crippen LogP contribution < -0.4 is 15.4 Å². The second-order valence-electron chi connectivity index (χ2n) is 5.31. The quantitative estimate of drug-likeness (QED) is 0.478. The standard InChI is InChI=1S/C17H10Cl2F3N3O2S/c18-9-1-6-12(19)13(7-9)24-15(26)14-8-28-16(25-14)23-10-2-4-11(5-3-10)27-17(20,21)22/h1-8H,(H,23,25)(H,24,26). The molecule has 0 saturated carbocycles. The number of hydrogen-bond donors (Lipinski definition) is 2. The molecule has 0 fully saturated rings. The summed E-state index contributed by atoms with van der Waals surface area (Å²) >= 11 is 13.0. The second kappa shape index (κ2) is 8.26. The molecule has 5 nitrogen and oxygen atoms in total. The molecule has 0 bridgehead atoms. The largest absolute Gasteiger partial charge is 0.573 e. The summed E-state index contributed by atoms with van der Waals surface area (Å²) < 4.78 is 40.3. The summed E-state index contributed by atoms with van der Waals surface area (Å²) in [7, 11) is 0. The highest BCUT2D eigenvalue weighted by atomic mass is 35.5. The molecule has 11 heteroatoms. The van der Waals surface area contributed by atoms with E-state index in [0.717, 1.165) is 23.5 Å². The number of anilines is 3.